The maximum absolute atomic E-state index is 13.5. The number of benzene rings is 2. The van der Waals surface area contributed by atoms with Crippen molar-refractivity contribution >= 4 is 15.9 Å². The minimum absolute atomic E-state index is 0.0250. The van der Waals surface area contributed by atoms with Crippen molar-refractivity contribution in [3.05, 3.63) is 63.6 Å². The quantitative estimate of drug-likeness (QED) is 0.872. The first-order valence-electron chi connectivity index (χ1n) is 6.56. The highest BCUT2D eigenvalue weighted by atomic mass is 79.9. The van der Waals surface area contributed by atoms with Gasteiger partial charge in [-0.2, -0.15) is 0 Å². The number of nitrogens with two attached hydrogens (primary N) is 1. The highest BCUT2D eigenvalue weighted by Crippen LogP contribution is 2.24. The molecule has 2 nitrogen and oxygen atoms in total. The Labute approximate surface area is 131 Å². The molecule has 0 bridgehead atoms. The molecule has 112 valence electrons. The van der Waals surface area contributed by atoms with Crippen molar-refractivity contribution in [2.24, 2.45) is 5.73 Å². The molecule has 0 saturated carbocycles. The lowest BCUT2D eigenvalue weighted by Gasteiger charge is -2.12. The summed E-state index contributed by atoms with van der Waals surface area (Å²) >= 11 is 3.46. The highest BCUT2D eigenvalue weighted by Gasteiger charge is 2.08. The Bertz CT molecular complexity index is 632. The minimum Gasteiger partial charge on any atom is -0.489 e. The third kappa shape index (κ3) is 4.51. The van der Waals surface area contributed by atoms with Crippen LogP contribution >= 0.6 is 15.9 Å². The van der Waals surface area contributed by atoms with E-state index in [1.54, 1.807) is 6.07 Å². The van der Waals surface area contributed by atoms with Gasteiger partial charge in [0.1, 0.15) is 24.0 Å². The van der Waals surface area contributed by atoms with Crippen molar-refractivity contribution in [2.75, 3.05) is 0 Å². The van der Waals surface area contributed by atoms with Crippen LogP contribution in [0.4, 0.5) is 8.78 Å². The molecule has 21 heavy (non-hydrogen) atoms. The van der Waals surface area contributed by atoms with Gasteiger partial charge in [0, 0.05) is 16.1 Å². The van der Waals surface area contributed by atoms with E-state index in [-0.39, 0.29) is 18.2 Å². The molecule has 2 aromatic rings. The lowest BCUT2D eigenvalue weighted by molar-refractivity contribution is 0.298. The fourth-order valence-electron chi connectivity index (χ4n) is 1.96. The van der Waals surface area contributed by atoms with E-state index in [1.165, 1.54) is 0 Å². The number of rotatable bonds is 5. The van der Waals surface area contributed by atoms with Gasteiger partial charge in [0.15, 0.2) is 0 Å². The van der Waals surface area contributed by atoms with Gasteiger partial charge in [-0.3, -0.25) is 0 Å². The zero-order valence-electron chi connectivity index (χ0n) is 11.6. The van der Waals surface area contributed by atoms with Crippen LogP contribution in [0.25, 0.3) is 0 Å². The largest absolute Gasteiger partial charge is 0.489 e. The second-order valence-electron chi connectivity index (χ2n) is 4.96. The van der Waals surface area contributed by atoms with Crippen molar-refractivity contribution in [1.82, 2.24) is 0 Å². The minimum atomic E-state index is -0.483. The van der Waals surface area contributed by atoms with Crippen LogP contribution in [-0.4, -0.2) is 6.04 Å². The summed E-state index contributed by atoms with van der Waals surface area (Å²) in [4.78, 5) is 0. The Morgan fingerprint density at radius 1 is 1.14 bits per heavy atom. The Balaban J connectivity index is 2.11. The van der Waals surface area contributed by atoms with Crippen LogP contribution in [0.2, 0.25) is 0 Å². The monoisotopic (exact) mass is 355 g/mol. The van der Waals surface area contributed by atoms with Gasteiger partial charge in [0.2, 0.25) is 0 Å². The predicted octanol–water partition coefficient (Wildman–Crippen LogP) is 4.20. The first-order valence-corrected chi connectivity index (χ1v) is 7.35. The van der Waals surface area contributed by atoms with Crippen molar-refractivity contribution in [3.63, 3.8) is 0 Å². The topological polar surface area (TPSA) is 35.2 Å². The molecule has 0 heterocycles. The smallest absolute Gasteiger partial charge is 0.130 e. The van der Waals surface area contributed by atoms with Gasteiger partial charge in [-0.05, 0) is 55.3 Å². The molecule has 0 aliphatic carbocycles. The van der Waals surface area contributed by atoms with Gasteiger partial charge in [0.05, 0.1) is 0 Å². The fourth-order valence-corrected chi connectivity index (χ4v) is 2.37. The second-order valence-corrected chi connectivity index (χ2v) is 5.81. The second kappa shape index (κ2) is 7.00. The van der Waals surface area contributed by atoms with Crippen LogP contribution in [0.1, 0.15) is 18.1 Å². The molecule has 5 heteroatoms. The molecule has 0 fully saturated rings. The molecule has 0 radical (unpaired) electrons. The average molecular weight is 356 g/mol. The van der Waals surface area contributed by atoms with Gasteiger partial charge in [-0.1, -0.05) is 15.9 Å². The van der Waals surface area contributed by atoms with Crippen LogP contribution in [0.15, 0.2) is 40.9 Å². The fraction of sp³-hybridized carbons (Fsp3) is 0.250. The van der Waals surface area contributed by atoms with E-state index in [9.17, 15) is 8.78 Å². The van der Waals surface area contributed by atoms with Crippen molar-refractivity contribution in [1.29, 1.82) is 0 Å². The van der Waals surface area contributed by atoms with E-state index >= 15 is 0 Å². The van der Waals surface area contributed by atoms with Crippen molar-refractivity contribution in [3.8, 4) is 5.75 Å². The zero-order valence-corrected chi connectivity index (χ0v) is 13.2. The summed E-state index contributed by atoms with van der Waals surface area (Å²) in [5.74, 6) is -0.370. The maximum Gasteiger partial charge on any atom is 0.130 e. The zero-order chi connectivity index (χ0) is 15.4. The Kier molecular flexibility index (Phi) is 5.31. The van der Waals surface area contributed by atoms with Crippen molar-refractivity contribution < 1.29 is 13.5 Å². The summed E-state index contributed by atoms with van der Waals surface area (Å²) in [6.07, 6.45) is 0.701. The van der Waals surface area contributed by atoms with Gasteiger partial charge >= 0.3 is 0 Å². The lowest BCUT2D eigenvalue weighted by atomic mass is 10.1. The standard InChI is InChI=1S/C16H16BrF2NO/c1-10(20)6-11-8-14(3-4-15(11)17)21-9-12-7-13(18)2-5-16(12)19/h2-5,7-8,10H,6,9,20H2,1H3. The Morgan fingerprint density at radius 2 is 1.90 bits per heavy atom. The number of halogens is 3. The lowest BCUT2D eigenvalue weighted by Crippen LogP contribution is -2.18. The van der Waals surface area contributed by atoms with E-state index in [0.717, 1.165) is 28.2 Å². The molecular weight excluding hydrogens is 340 g/mol. The number of hydrogen-bond acceptors (Lipinski definition) is 2. The van der Waals surface area contributed by atoms with Crippen molar-refractivity contribution in [2.45, 2.75) is 26.0 Å². The predicted molar refractivity (Wildman–Crippen MR) is 82.2 cm³/mol. The molecular formula is C16H16BrF2NO. The van der Waals surface area contributed by atoms with Gasteiger partial charge in [-0.25, -0.2) is 8.78 Å². The molecule has 1 unspecified atom stereocenters. The Morgan fingerprint density at radius 3 is 2.62 bits per heavy atom. The van der Waals surface area contributed by atoms with Crippen LogP contribution in [-0.2, 0) is 13.0 Å². The van der Waals surface area contributed by atoms with Crippen LogP contribution in [0.5, 0.6) is 5.75 Å². The summed E-state index contributed by atoms with van der Waals surface area (Å²) in [6.45, 7) is 1.89. The van der Waals surface area contributed by atoms with E-state index in [4.69, 9.17) is 10.5 Å². The van der Waals surface area contributed by atoms with Crippen LogP contribution in [0.3, 0.4) is 0 Å². The number of ether oxygens (including phenoxy) is 1. The normalized spacial score (nSPS) is 12.2. The summed E-state index contributed by atoms with van der Waals surface area (Å²) in [6, 6.07) is 8.82. The summed E-state index contributed by atoms with van der Waals surface area (Å²) in [5, 5.41) is 0. The maximum atomic E-state index is 13.5. The molecule has 0 saturated heterocycles. The van der Waals surface area contributed by atoms with Crippen LogP contribution < -0.4 is 10.5 Å². The molecule has 0 amide bonds. The SMILES string of the molecule is CC(N)Cc1cc(OCc2cc(F)ccc2F)ccc1Br. The first-order chi connectivity index (χ1) is 9.95. The summed E-state index contributed by atoms with van der Waals surface area (Å²) in [7, 11) is 0. The van der Waals surface area contributed by atoms with E-state index < -0.39 is 11.6 Å². The summed E-state index contributed by atoms with van der Waals surface area (Å²) < 4.78 is 33.1. The Hall–Kier alpha value is -1.46. The molecule has 2 N–H and O–H groups in total. The molecule has 0 aliphatic rings. The molecule has 0 aliphatic heterocycles. The summed E-state index contributed by atoms with van der Waals surface area (Å²) in [5.41, 5.74) is 6.99. The van der Waals surface area contributed by atoms with E-state index in [0.29, 0.717) is 12.2 Å². The average Bonchev–Trinajstić information content (AvgIpc) is 2.42. The van der Waals surface area contributed by atoms with Gasteiger partial charge < -0.3 is 10.5 Å². The molecule has 0 spiro atoms. The third-order valence-electron chi connectivity index (χ3n) is 2.96. The molecule has 1 atom stereocenters. The van der Waals surface area contributed by atoms with Gasteiger partial charge in [0.25, 0.3) is 0 Å². The first kappa shape index (κ1) is 15.9. The van der Waals surface area contributed by atoms with E-state index in [1.807, 2.05) is 19.1 Å². The molecule has 2 rings (SSSR count). The molecule has 2 aromatic carbocycles. The third-order valence-corrected chi connectivity index (χ3v) is 3.73. The highest BCUT2D eigenvalue weighted by molar-refractivity contribution is 9.10. The number of hydrogen-bond donors (Lipinski definition) is 1. The molecule has 0 aromatic heterocycles. The van der Waals surface area contributed by atoms with Gasteiger partial charge in [-0.15, -0.1) is 0 Å². The van der Waals surface area contributed by atoms with Crippen LogP contribution in [0, 0.1) is 11.6 Å². The van der Waals surface area contributed by atoms with E-state index in [2.05, 4.69) is 15.9 Å².